The summed E-state index contributed by atoms with van der Waals surface area (Å²) in [6, 6.07) is 0.376. The summed E-state index contributed by atoms with van der Waals surface area (Å²) in [7, 11) is 2.06. The summed E-state index contributed by atoms with van der Waals surface area (Å²) in [5.41, 5.74) is 0. The highest BCUT2D eigenvalue weighted by Crippen LogP contribution is 2.18. The van der Waals surface area contributed by atoms with E-state index in [0.717, 1.165) is 31.0 Å². The lowest BCUT2D eigenvalue weighted by Gasteiger charge is -2.37. The minimum Gasteiger partial charge on any atom is -0.334 e. The van der Waals surface area contributed by atoms with Crippen molar-refractivity contribution >= 4 is 28.8 Å². The molecule has 0 saturated carbocycles. The number of piperazine rings is 1. The quantitative estimate of drug-likeness (QED) is 0.755. The van der Waals surface area contributed by atoms with Crippen molar-refractivity contribution in [3.63, 3.8) is 0 Å². The summed E-state index contributed by atoms with van der Waals surface area (Å²) in [5.74, 6) is -0.0654. The van der Waals surface area contributed by atoms with E-state index in [4.69, 9.17) is 11.6 Å². The number of carbonyl (C=O) groups excluding carboxylic acids is 1. The molecule has 0 aromatic carbocycles. The van der Waals surface area contributed by atoms with E-state index >= 15 is 0 Å². The van der Waals surface area contributed by atoms with Gasteiger partial charge in [-0.1, -0.05) is 11.3 Å². The van der Waals surface area contributed by atoms with Gasteiger partial charge in [0.25, 0.3) is 5.91 Å². The second kappa shape index (κ2) is 4.65. The SMILES string of the molecule is CC1CN(C(=O)c2nnc(Cl)s2)CCN1C. The second-order valence-electron chi connectivity index (χ2n) is 3.94. The number of aromatic nitrogens is 2. The predicted molar refractivity (Wildman–Crippen MR) is 62.9 cm³/mol. The van der Waals surface area contributed by atoms with Crippen molar-refractivity contribution in [1.29, 1.82) is 0 Å². The Hall–Kier alpha value is -0.720. The molecule has 16 heavy (non-hydrogen) atoms. The van der Waals surface area contributed by atoms with Gasteiger partial charge in [-0.05, 0) is 25.6 Å². The molecule has 0 N–H and O–H groups in total. The summed E-state index contributed by atoms with van der Waals surface area (Å²) in [4.78, 5) is 16.1. The number of likely N-dealkylation sites (N-methyl/N-ethyl adjacent to an activating group) is 1. The fraction of sp³-hybridized carbons (Fsp3) is 0.667. The maximum absolute atomic E-state index is 12.0. The summed E-state index contributed by atoms with van der Waals surface area (Å²) >= 11 is 6.79. The zero-order valence-corrected chi connectivity index (χ0v) is 10.8. The Bertz CT molecular complexity index is 397. The summed E-state index contributed by atoms with van der Waals surface area (Å²) < 4.78 is 0.311. The fourth-order valence-electron chi connectivity index (χ4n) is 1.66. The molecule has 0 radical (unpaired) electrons. The van der Waals surface area contributed by atoms with E-state index in [1.807, 2.05) is 4.90 Å². The van der Waals surface area contributed by atoms with Crippen LogP contribution in [-0.2, 0) is 0 Å². The first-order valence-corrected chi connectivity index (χ1v) is 6.26. The van der Waals surface area contributed by atoms with E-state index in [-0.39, 0.29) is 5.91 Å². The number of hydrogen-bond acceptors (Lipinski definition) is 5. The summed E-state index contributed by atoms with van der Waals surface area (Å²) in [5, 5.41) is 7.79. The average molecular weight is 261 g/mol. The van der Waals surface area contributed by atoms with Crippen molar-refractivity contribution in [3.8, 4) is 0 Å². The summed E-state index contributed by atoms with van der Waals surface area (Å²) in [6.45, 7) is 4.45. The molecule has 1 aliphatic rings. The molecular weight excluding hydrogens is 248 g/mol. The van der Waals surface area contributed by atoms with Crippen LogP contribution < -0.4 is 0 Å². The third kappa shape index (κ3) is 2.34. The van der Waals surface area contributed by atoms with Crippen LogP contribution in [0.3, 0.4) is 0 Å². The van der Waals surface area contributed by atoms with Gasteiger partial charge in [-0.25, -0.2) is 0 Å². The van der Waals surface area contributed by atoms with Crippen molar-refractivity contribution in [2.75, 3.05) is 26.7 Å². The zero-order valence-electron chi connectivity index (χ0n) is 9.18. The minimum atomic E-state index is -0.0654. The van der Waals surface area contributed by atoms with Crippen LogP contribution in [0.4, 0.5) is 0 Å². The van der Waals surface area contributed by atoms with Crippen LogP contribution in [-0.4, -0.2) is 58.6 Å². The van der Waals surface area contributed by atoms with E-state index in [1.54, 1.807) is 0 Å². The number of hydrogen-bond donors (Lipinski definition) is 0. The molecule has 0 spiro atoms. The van der Waals surface area contributed by atoms with Gasteiger partial charge >= 0.3 is 0 Å². The highest BCUT2D eigenvalue weighted by atomic mass is 35.5. The monoisotopic (exact) mass is 260 g/mol. The first kappa shape index (κ1) is 11.8. The third-order valence-electron chi connectivity index (χ3n) is 2.83. The highest BCUT2D eigenvalue weighted by molar-refractivity contribution is 7.17. The van der Waals surface area contributed by atoms with Crippen molar-refractivity contribution in [3.05, 3.63) is 9.47 Å². The molecule has 0 bridgehead atoms. The first-order chi connectivity index (χ1) is 7.58. The molecular formula is C9H13ClN4OS. The minimum absolute atomic E-state index is 0.0654. The van der Waals surface area contributed by atoms with Gasteiger partial charge in [0.1, 0.15) is 0 Å². The lowest BCUT2D eigenvalue weighted by molar-refractivity contribution is 0.0571. The average Bonchev–Trinajstić information content (AvgIpc) is 2.68. The van der Waals surface area contributed by atoms with Gasteiger partial charge < -0.3 is 9.80 Å². The van der Waals surface area contributed by atoms with Crippen LogP contribution in [0.1, 0.15) is 16.7 Å². The molecule has 2 rings (SSSR count). The summed E-state index contributed by atoms with van der Waals surface area (Å²) in [6.07, 6.45) is 0. The molecule has 7 heteroatoms. The van der Waals surface area contributed by atoms with Crippen molar-refractivity contribution in [1.82, 2.24) is 20.0 Å². The smallest absolute Gasteiger partial charge is 0.284 e. The van der Waals surface area contributed by atoms with Crippen molar-refractivity contribution in [2.45, 2.75) is 13.0 Å². The van der Waals surface area contributed by atoms with E-state index in [9.17, 15) is 4.79 Å². The molecule has 1 atom stereocenters. The second-order valence-corrected chi connectivity index (χ2v) is 5.50. The number of carbonyl (C=O) groups is 1. The Labute approximate surface area is 103 Å². The largest absolute Gasteiger partial charge is 0.334 e. The van der Waals surface area contributed by atoms with Crippen LogP contribution in [0.5, 0.6) is 0 Å². The predicted octanol–water partition coefficient (Wildman–Crippen LogP) is 0.968. The number of rotatable bonds is 1. The van der Waals surface area contributed by atoms with Gasteiger partial charge in [0, 0.05) is 25.7 Å². The molecule has 1 aromatic heterocycles. The number of halogens is 1. The lowest BCUT2D eigenvalue weighted by Crippen LogP contribution is -2.52. The van der Waals surface area contributed by atoms with E-state index in [0.29, 0.717) is 15.5 Å². The third-order valence-corrected chi connectivity index (χ3v) is 3.84. The topological polar surface area (TPSA) is 49.3 Å². The van der Waals surface area contributed by atoms with Crippen molar-refractivity contribution < 1.29 is 4.79 Å². The van der Waals surface area contributed by atoms with Crippen LogP contribution >= 0.6 is 22.9 Å². The Morgan fingerprint density at radius 1 is 1.50 bits per heavy atom. The fourth-order valence-corrected chi connectivity index (χ4v) is 2.46. The molecule has 1 fully saturated rings. The standard InChI is InChI=1S/C9H13ClN4OS/c1-6-5-14(4-3-13(6)2)8(15)7-11-12-9(10)16-7/h6H,3-5H2,1-2H3. The molecule has 1 amide bonds. The van der Waals surface area contributed by atoms with Gasteiger partial charge in [-0.15, -0.1) is 10.2 Å². The Kier molecular flexibility index (Phi) is 3.41. The molecule has 1 aliphatic heterocycles. The Morgan fingerprint density at radius 2 is 2.25 bits per heavy atom. The van der Waals surface area contributed by atoms with E-state index in [2.05, 4.69) is 29.1 Å². The van der Waals surface area contributed by atoms with Gasteiger partial charge in [-0.2, -0.15) is 0 Å². The van der Waals surface area contributed by atoms with E-state index in [1.165, 1.54) is 0 Å². The molecule has 0 aliphatic carbocycles. The molecule has 1 unspecified atom stereocenters. The van der Waals surface area contributed by atoms with Gasteiger partial charge in [0.2, 0.25) is 9.47 Å². The maximum atomic E-state index is 12.0. The van der Waals surface area contributed by atoms with Gasteiger partial charge in [0.15, 0.2) is 0 Å². The van der Waals surface area contributed by atoms with Crippen LogP contribution in [0.25, 0.3) is 0 Å². The maximum Gasteiger partial charge on any atom is 0.284 e. The molecule has 88 valence electrons. The molecule has 2 heterocycles. The number of nitrogens with zero attached hydrogens (tertiary/aromatic N) is 4. The van der Waals surface area contributed by atoms with Gasteiger partial charge in [0.05, 0.1) is 0 Å². The van der Waals surface area contributed by atoms with Crippen LogP contribution in [0.2, 0.25) is 4.47 Å². The van der Waals surface area contributed by atoms with Gasteiger partial charge in [-0.3, -0.25) is 4.79 Å². The highest BCUT2D eigenvalue weighted by Gasteiger charge is 2.26. The molecule has 1 aromatic rings. The normalized spacial score (nSPS) is 22.4. The zero-order chi connectivity index (χ0) is 11.7. The molecule has 5 nitrogen and oxygen atoms in total. The lowest BCUT2D eigenvalue weighted by atomic mass is 10.2. The van der Waals surface area contributed by atoms with Crippen LogP contribution in [0.15, 0.2) is 0 Å². The Balaban J connectivity index is 2.06. The van der Waals surface area contributed by atoms with Crippen LogP contribution in [0, 0.1) is 0 Å². The first-order valence-electron chi connectivity index (χ1n) is 5.06. The number of amides is 1. The molecule has 1 saturated heterocycles. The van der Waals surface area contributed by atoms with E-state index < -0.39 is 0 Å². The van der Waals surface area contributed by atoms with Crippen molar-refractivity contribution in [2.24, 2.45) is 0 Å². The Morgan fingerprint density at radius 3 is 2.81 bits per heavy atom.